The van der Waals surface area contributed by atoms with Gasteiger partial charge in [-0.05, 0) is 23.3 Å². The third kappa shape index (κ3) is 3.20. The molecule has 5 rings (SSSR count). The van der Waals surface area contributed by atoms with Crippen molar-refractivity contribution >= 4 is 27.6 Å². The highest BCUT2D eigenvalue weighted by molar-refractivity contribution is 9.10. The Morgan fingerprint density at radius 3 is 2.18 bits per heavy atom. The average molecular weight is 428 g/mol. The Kier molecular flexibility index (Phi) is 4.41. The fourth-order valence-electron chi connectivity index (χ4n) is 3.67. The Bertz CT molecular complexity index is 1130. The van der Waals surface area contributed by atoms with E-state index in [0.717, 1.165) is 39.4 Å². The van der Waals surface area contributed by atoms with Gasteiger partial charge in [0.05, 0.1) is 17.4 Å². The van der Waals surface area contributed by atoms with E-state index in [1.165, 1.54) is 5.56 Å². The van der Waals surface area contributed by atoms with Crippen molar-refractivity contribution in [3.05, 3.63) is 107 Å². The molecular formula is C24H18BrN3. The molecule has 3 aromatic carbocycles. The Labute approximate surface area is 172 Å². The van der Waals surface area contributed by atoms with E-state index in [1.807, 2.05) is 18.2 Å². The van der Waals surface area contributed by atoms with E-state index in [1.54, 1.807) is 0 Å². The van der Waals surface area contributed by atoms with Crippen molar-refractivity contribution in [3.8, 4) is 11.3 Å². The molecule has 28 heavy (non-hydrogen) atoms. The van der Waals surface area contributed by atoms with Crippen molar-refractivity contribution in [2.24, 2.45) is 4.99 Å². The van der Waals surface area contributed by atoms with Crippen LogP contribution in [0.25, 0.3) is 11.3 Å². The van der Waals surface area contributed by atoms with Crippen LogP contribution in [0.5, 0.6) is 0 Å². The van der Waals surface area contributed by atoms with Crippen LogP contribution >= 0.6 is 15.9 Å². The predicted octanol–water partition coefficient (Wildman–Crippen LogP) is 6.43. The minimum absolute atomic E-state index is 0.178. The van der Waals surface area contributed by atoms with E-state index in [0.29, 0.717) is 0 Å². The largest absolute Gasteiger partial charge is 0.307 e. The Hall–Kier alpha value is -2.98. The topological polar surface area (TPSA) is 30.2 Å². The van der Waals surface area contributed by atoms with Gasteiger partial charge in [-0.25, -0.2) is 9.98 Å². The average Bonchev–Trinajstić information content (AvgIpc) is 3.19. The van der Waals surface area contributed by atoms with Gasteiger partial charge >= 0.3 is 0 Å². The minimum Gasteiger partial charge on any atom is -0.307 e. The molecule has 1 aliphatic heterocycles. The number of benzene rings is 3. The van der Waals surface area contributed by atoms with Crippen molar-refractivity contribution in [2.45, 2.75) is 12.5 Å². The number of aromatic nitrogens is 2. The van der Waals surface area contributed by atoms with Crippen LogP contribution in [0.2, 0.25) is 0 Å². The highest BCUT2D eigenvalue weighted by Crippen LogP contribution is 2.36. The second-order valence-electron chi connectivity index (χ2n) is 6.90. The molecule has 1 atom stereocenters. The van der Waals surface area contributed by atoms with Gasteiger partial charge < -0.3 is 4.57 Å². The van der Waals surface area contributed by atoms with Gasteiger partial charge in [-0.15, -0.1) is 0 Å². The first-order chi connectivity index (χ1) is 13.8. The third-order valence-electron chi connectivity index (χ3n) is 5.10. The molecule has 3 nitrogen and oxygen atoms in total. The third-order valence-corrected chi connectivity index (χ3v) is 5.63. The number of hydrogen-bond donors (Lipinski definition) is 0. The molecular weight excluding hydrogens is 410 g/mol. The lowest BCUT2D eigenvalue weighted by Gasteiger charge is -2.25. The lowest BCUT2D eigenvalue weighted by atomic mass is 9.96. The summed E-state index contributed by atoms with van der Waals surface area (Å²) in [5.41, 5.74) is 5.54. The molecule has 0 spiro atoms. The normalized spacial score (nSPS) is 15.8. The van der Waals surface area contributed by atoms with Crippen molar-refractivity contribution < 1.29 is 0 Å². The van der Waals surface area contributed by atoms with Crippen LogP contribution in [0.1, 0.15) is 23.6 Å². The molecule has 0 aliphatic carbocycles. The maximum Gasteiger partial charge on any atom is 0.230 e. The number of fused-ring (bicyclic) bond motifs is 1. The van der Waals surface area contributed by atoms with Crippen LogP contribution in [0.3, 0.4) is 0 Å². The molecule has 0 saturated heterocycles. The molecule has 0 fully saturated rings. The van der Waals surface area contributed by atoms with E-state index in [2.05, 4.69) is 93.4 Å². The minimum atomic E-state index is 0.178. The molecule has 1 aliphatic rings. The van der Waals surface area contributed by atoms with Gasteiger partial charge in [0.15, 0.2) is 0 Å². The maximum absolute atomic E-state index is 4.92. The van der Waals surface area contributed by atoms with Crippen LogP contribution in [0, 0.1) is 0 Å². The van der Waals surface area contributed by atoms with Gasteiger partial charge in [-0.2, -0.15) is 0 Å². The molecule has 0 bridgehead atoms. The SMILES string of the molecule is Brc1ccc(C2=Nc3nc(-c4ccccc4)cn3C(c3ccccc3)C2)cc1. The molecule has 1 unspecified atom stereocenters. The Morgan fingerprint density at radius 1 is 0.786 bits per heavy atom. The molecule has 0 N–H and O–H groups in total. The van der Waals surface area contributed by atoms with Crippen molar-refractivity contribution in [3.63, 3.8) is 0 Å². The van der Waals surface area contributed by atoms with Crippen LogP contribution in [0.15, 0.2) is 101 Å². The summed E-state index contributed by atoms with van der Waals surface area (Å²) in [4.78, 5) is 9.78. The zero-order chi connectivity index (χ0) is 18.9. The van der Waals surface area contributed by atoms with Gasteiger partial charge in [0, 0.05) is 22.7 Å². The summed E-state index contributed by atoms with van der Waals surface area (Å²) in [6, 6.07) is 29.4. The quantitative estimate of drug-likeness (QED) is 0.370. The van der Waals surface area contributed by atoms with E-state index < -0.39 is 0 Å². The zero-order valence-electron chi connectivity index (χ0n) is 15.2. The number of imidazole rings is 1. The van der Waals surface area contributed by atoms with E-state index in [-0.39, 0.29) is 6.04 Å². The number of rotatable bonds is 3. The summed E-state index contributed by atoms with van der Waals surface area (Å²) in [5, 5.41) is 0. The second-order valence-corrected chi connectivity index (χ2v) is 7.81. The van der Waals surface area contributed by atoms with Crippen LogP contribution < -0.4 is 0 Å². The molecule has 0 amide bonds. The highest BCUT2D eigenvalue weighted by Gasteiger charge is 2.26. The standard InChI is InChI=1S/C24H18BrN3/c25-20-13-11-18(12-14-20)21-15-23(19-9-5-2-6-10-19)28-16-22(27-24(28)26-21)17-7-3-1-4-8-17/h1-14,16,23H,15H2. The first-order valence-electron chi connectivity index (χ1n) is 9.31. The number of aliphatic imine (C=N–C) groups is 1. The lowest BCUT2D eigenvalue weighted by molar-refractivity contribution is 0.596. The number of hydrogen-bond acceptors (Lipinski definition) is 2. The maximum atomic E-state index is 4.92. The van der Waals surface area contributed by atoms with Crippen LogP contribution in [-0.4, -0.2) is 15.3 Å². The number of halogens is 1. The lowest BCUT2D eigenvalue weighted by Crippen LogP contribution is -2.19. The summed E-state index contributed by atoms with van der Waals surface area (Å²) in [6.07, 6.45) is 2.97. The highest BCUT2D eigenvalue weighted by atomic mass is 79.9. The summed E-state index contributed by atoms with van der Waals surface area (Å²) in [5.74, 6) is 0.761. The fourth-order valence-corrected chi connectivity index (χ4v) is 3.93. The monoisotopic (exact) mass is 427 g/mol. The van der Waals surface area contributed by atoms with E-state index in [9.17, 15) is 0 Å². The van der Waals surface area contributed by atoms with E-state index >= 15 is 0 Å². The van der Waals surface area contributed by atoms with Crippen molar-refractivity contribution in [1.29, 1.82) is 0 Å². The van der Waals surface area contributed by atoms with Crippen LogP contribution in [0.4, 0.5) is 5.95 Å². The van der Waals surface area contributed by atoms with Gasteiger partial charge in [-0.1, -0.05) is 88.7 Å². The molecule has 0 saturated carbocycles. The predicted molar refractivity (Wildman–Crippen MR) is 117 cm³/mol. The van der Waals surface area contributed by atoms with E-state index in [4.69, 9.17) is 9.98 Å². The molecule has 0 radical (unpaired) electrons. The fraction of sp³-hybridized carbons (Fsp3) is 0.0833. The van der Waals surface area contributed by atoms with Crippen molar-refractivity contribution in [2.75, 3.05) is 0 Å². The Morgan fingerprint density at radius 2 is 1.46 bits per heavy atom. The number of nitrogens with zero attached hydrogens (tertiary/aromatic N) is 3. The smallest absolute Gasteiger partial charge is 0.230 e. The summed E-state index contributed by atoms with van der Waals surface area (Å²) >= 11 is 3.52. The molecule has 4 aromatic rings. The molecule has 4 heteroatoms. The second kappa shape index (κ2) is 7.21. The van der Waals surface area contributed by atoms with Gasteiger partial charge in [-0.3, -0.25) is 0 Å². The summed E-state index contributed by atoms with van der Waals surface area (Å²) in [7, 11) is 0. The summed E-state index contributed by atoms with van der Waals surface area (Å²) < 4.78 is 3.28. The first-order valence-corrected chi connectivity index (χ1v) is 10.1. The Balaban J connectivity index is 1.64. The van der Waals surface area contributed by atoms with Crippen LogP contribution in [-0.2, 0) is 0 Å². The molecule has 136 valence electrons. The summed E-state index contributed by atoms with van der Waals surface area (Å²) in [6.45, 7) is 0. The first kappa shape index (κ1) is 17.1. The van der Waals surface area contributed by atoms with Gasteiger partial charge in [0.2, 0.25) is 5.95 Å². The zero-order valence-corrected chi connectivity index (χ0v) is 16.8. The van der Waals surface area contributed by atoms with Gasteiger partial charge in [0.25, 0.3) is 0 Å². The van der Waals surface area contributed by atoms with Gasteiger partial charge in [0.1, 0.15) is 0 Å². The molecule has 1 aromatic heterocycles. The van der Waals surface area contributed by atoms with Crippen molar-refractivity contribution in [1.82, 2.24) is 9.55 Å². The molecule has 2 heterocycles.